The molecule has 1 aliphatic heterocycles. The van der Waals surface area contributed by atoms with Crippen LogP contribution in [0.1, 0.15) is 54.2 Å². The first kappa shape index (κ1) is 17.5. The van der Waals surface area contributed by atoms with Crippen LogP contribution < -0.4 is 5.32 Å². The zero-order valence-corrected chi connectivity index (χ0v) is 15.2. The van der Waals surface area contributed by atoms with Crippen molar-refractivity contribution in [3.8, 4) is 0 Å². The van der Waals surface area contributed by atoms with E-state index in [0.29, 0.717) is 12.5 Å². The normalized spacial score (nSPS) is 16.7. The maximum atomic E-state index is 12.5. The molecule has 1 aliphatic rings. The summed E-state index contributed by atoms with van der Waals surface area (Å²) < 4.78 is 5.22. The second-order valence-electron chi connectivity index (χ2n) is 6.87. The van der Waals surface area contributed by atoms with Crippen molar-refractivity contribution in [2.75, 3.05) is 19.6 Å². The Labute approximate surface area is 148 Å². The monoisotopic (exact) mass is 342 g/mol. The number of aryl methyl sites for hydroxylation is 2. The van der Waals surface area contributed by atoms with Crippen LogP contribution in [0.15, 0.2) is 29.0 Å². The number of pyridine rings is 1. The van der Waals surface area contributed by atoms with Crippen molar-refractivity contribution in [3.05, 3.63) is 47.1 Å². The van der Waals surface area contributed by atoms with Crippen molar-refractivity contribution in [2.24, 2.45) is 0 Å². The maximum absolute atomic E-state index is 12.5. The molecule has 0 unspecified atom stereocenters. The number of amides is 2. The van der Waals surface area contributed by atoms with Gasteiger partial charge in [-0.2, -0.15) is 0 Å². The summed E-state index contributed by atoms with van der Waals surface area (Å²) in [4.78, 5) is 18.4. The third kappa shape index (κ3) is 4.00. The largest absolute Gasteiger partial charge is 0.361 e. The average molecular weight is 342 g/mol. The van der Waals surface area contributed by atoms with E-state index in [-0.39, 0.29) is 11.9 Å². The lowest BCUT2D eigenvalue weighted by atomic mass is 9.90. The first-order valence-corrected chi connectivity index (χ1v) is 8.91. The summed E-state index contributed by atoms with van der Waals surface area (Å²) in [6.07, 6.45) is 5.67. The van der Waals surface area contributed by atoms with E-state index in [2.05, 4.69) is 34.5 Å². The molecule has 0 radical (unpaired) electrons. The summed E-state index contributed by atoms with van der Waals surface area (Å²) in [5.74, 6) is 1.54. The fraction of sp³-hybridized carbons (Fsp3) is 0.526. The fourth-order valence-electron chi connectivity index (χ4n) is 3.70. The van der Waals surface area contributed by atoms with Gasteiger partial charge < -0.3 is 14.7 Å². The third-order valence-corrected chi connectivity index (χ3v) is 5.10. The number of carbonyl (C=O) groups excluding carboxylic acids is 1. The second kappa shape index (κ2) is 7.68. The van der Waals surface area contributed by atoms with Crippen LogP contribution >= 0.6 is 0 Å². The van der Waals surface area contributed by atoms with Gasteiger partial charge in [-0.05, 0) is 50.3 Å². The van der Waals surface area contributed by atoms with Crippen molar-refractivity contribution in [3.63, 3.8) is 0 Å². The van der Waals surface area contributed by atoms with Crippen LogP contribution in [0, 0.1) is 13.8 Å². The number of piperidine rings is 1. The van der Waals surface area contributed by atoms with Gasteiger partial charge in [-0.1, -0.05) is 12.1 Å². The van der Waals surface area contributed by atoms with Gasteiger partial charge in [0.15, 0.2) is 0 Å². The van der Waals surface area contributed by atoms with E-state index in [4.69, 9.17) is 4.52 Å². The number of likely N-dealkylation sites (tertiary alicyclic amines) is 1. The molecule has 0 spiro atoms. The smallest absolute Gasteiger partial charge is 0.317 e. The molecule has 0 aliphatic carbocycles. The highest BCUT2D eigenvalue weighted by Gasteiger charge is 2.24. The summed E-state index contributed by atoms with van der Waals surface area (Å²) in [6, 6.07) is 4.17. The molecule has 2 amide bonds. The van der Waals surface area contributed by atoms with Crippen molar-refractivity contribution in [1.82, 2.24) is 20.4 Å². The third-order valence-electron chi connectivity index (χ3n) is 5.10. The van der Waals surface area contributed by atoms with Gasteiger partial charge in [-0.25, -0.2) is 4.79 Å². The van der Waals surface area contributed by atoms with Crippen LogP contribution in [0.5, 0.6) is 0 Å². The second-order valence-corrected chi connectivity index (χ2v) is 6.87. The minimum atomic E-state index is 0.0202. The lowest BCUT2D eigenvalue weighted by Gasteiger charge is -2.32. The Kier molecular flexibility index (Phi) is 5.36. The summed E-state index contributed by atoms with van der Waals surface area (Å²) in [6.45, 7) is 8.11. The summed E-state index contributed by atoms with van der Waals surface area (Å²) >= 11 is 0. The predicted octanol–water partition coefficient (Wildman–Crippen LogP) is 3.38. The van der Waals surface area contributed by atoms with Gasteiger partial charge in [0, 0.05) is 43.5 Å². The van der Waals surface area contributed by atoms with Crippen LogP contribution in [0.25, 0.3) is 0 Å². The Bertz CT molecular complexity index is 686. The Hall–Kier alpha value is -2.37. The molecule has 0 saturated carbocycles. The molecule has 25 heavy (non-hydrogen) atoms. The number of carbonyl (C=O) groups is 1. The number of hydrogen-bond donors (Lipinski definition) is 1. The van der Waals surface area contributed by atoms with Crippen LogP contribution in [0.2, 0.25) is 0 Å². The highest BCUT2D eigenvalue weighted by atomic mass is 16.5. The lowest BCUT2D eigenvalue weighted by Crippen LogP contribution is -2.45. The molecule has 2 aromatic heterocycles. The molecule has 1 saturated heterocycles. The van der Waals surface area contributed by atoms with Crippen LogP contribution in [-0.4, -0.2) is 40.7 Å². The molecule has 1 atom stereocenters. The minimum absolute atomic E-state index is 0.0202. The van der Waals surface area contributed by atoms with Gasteiger partial charge in [-0.3, -0.25) is 4.98 Å². The van der Waals surface area contributed by atoms with E-state index in [0.717, 1.165) is 42.9 Å². The number of urea groups is 1. The SMILES string of the molecule is Cc1noc(C)c1[C@@H](C)CNC(=O)N1CCC(c2ccncc2)CC1. The molecular formula is C19H26N4O2. The van der Waals surface area contributed by atoms with Crippen molar-refractivity contribution >= 4 is 6.03 Å². The molecular weight excluding hydrogens is 316 g/mol. The highest BCUT2D eigenvalue weighted by Crippen LogP contribution is 2.27. The van der Waals surface area contributed by atoms with Gasteiger partial charge in [0.2, 0.25) is 0 Å². The van der Waals surface area contributed by atoms with Crippen molar-refractivity contribution < 1.29 is 9.32 Å². The number of rotatable bonds is 4. The van der Waals surface area contributed by atoms with E-state index in [9.17, 15) is 4.79 Å². The first-order chi connectivity index (χ1) is 12.1. The number of aromatic nitrogens is 2. The highest BCUT2D eigenvalue weighted by molar-refractivity contribution is 5.74. The number of nitrogens with one attached hydrogen (secondary N) is 1. The molecule has 6 nitrogen and oxygen atoms in total. The van der Waals surface area contributed by atoms with Crippen LogP contribution in [0.4, 0.5) is 4.79 Å². The van der Waals surface area contributed by atoms with Crippen LogP contribution in [0.3, 0.4) is 0 Å². The molecule has 6 heteroatoms. The quantitative estimate of drug-likeness (QED) is 0.924. The van der Waals surface area contributed by atoms with E-state index in [1.165, 1.54) is 5.56 Å². The minimum Gasteiger partial charge on any atom is -0.361 e. The molecule has 2 aromatic rings. The number of hydrogen-bond acceptors (Lipinski definition) is 4. The zero-order valence-electron chi connectivity index (χ0n) is 15.2. The maximum Gasteiger partial charge on any atom is 0.317 e. The first-order valence-electron chi connectivity index (χ1n) is 8.91. The Morgan fingerprint density at radius 1 is 1.32 bits per heavy atom. The predicted molar refractivity (Wildman–Crippen MR) is 95.6 cm³/mol. The Morgan fingerprint density at radius 3 is 2.60 bits per heavy atom. The van der Waals surface area contributed by atoms with Crippen molar-refractivity contribution in [2.45, 2.75) is 45.4 Å². The van der Waals surface area contributed by atoms with E-state index in [1.54, 1.807) is 0 Å². The van der Waals surface area contributed by atoms with Gasteiger partial charge in [0.05, 0.1) is 5.69 Å². The Morgan fingerprint density at radius 2 is 2.00 bits per heavy atom. The molecule has 1 fully saturated rings. The number of nitrogens with zero attached hydrogens (tertiary/aromatic N) is 3. The van der Waals surface area contributed by atoms with Gasteiger partial charge in [0.1, 0.15) is 5.76 Å². The average Bonchev–Trinajstić information content (AvgIpc) is 2.99. The van der Waals surface area contributed by atoms with Crippen LogP contribution in [-0.2, 0) is 0 Å². The van der Waals surface area contributed by atoms with Crippen molar-refractivity contribution in [1.29, 1.82) is 0 Å². The molecule has 134 valence electrons. The fourth-order valence-corrected chi connectivity index (χ4v) is 3.70. The summed E-state index contributed by atoms with van der Waals surface area (Å²) in [7, 11) is 0. The lowest BCUT2D eigenvalue weighted by molar-refractivity contribution is 0.181. The summed E-state index contributed by atoms with van der Waals surface area (Å²) in [5.41, 5.74) is 3.32. The van der Waals surface area contributed by atoms with Gasteiger partial charge >= 0.3 is 6.03 Å². The molecule has 3 heterocycles. The zero-order chi connectivity index (χ0) is 17.8. The van der Waals surface area contributed by atoms with Gasteiger partial charge in [-0.15, -0.1) is 0 Å². The standard InChI is InChI=1S/C19H26N4O2/c1-13(18-14(2)22-25-15(18)3)12-21-19(24)23-10-6-17(7-11-23)16-4-8-20-9-5-16/h4-5,8-9,13,17H,6-7,10-12H2,1-3H3,(H,21,24)/t13-/m0/s1. The molecule has 0 aromatic carbocycles. The summed E-state index contributed by atoms with van der Waals surface area (Å²) in [5, 5.41) is 7.05. The van der Waals surface area contributed by atoms with E-state index >= 15 is 0 Å². The van der Waals surface area contributed by atoms with E-state index < -0.39 is 0 Å². The van der Waals surface area contributed by atoms with E-state index in [1.807, 2.05) is 31.1 Å². The molecule has 1 N–H and O–H groups in total. The molecule has 0 bridgehead atoms. The van der Waals surface area contributed by atoms with Gasteiger partial charge in [0.25, 0.3) is 0 Å². The molecule has 3 rings (SSSR count). The topological polar surface area (TPSA) is 71.3 Å². The Balaban J connectivity index is 1.48.